The number of rotatable bonds is 5. The van der Waals surface area contributed by atoms with E-state index in [9.17, 15) is 8.42 Å². The average Bonchev–Trinajstić information content (AvgIpc) is 2.66. The van der Waals surface area contributed by atoms with Crippen LogP contribution in [-0.4, -0.2) is 36.4 Å². The molecule has 0 fully saturated rings. The van der Waals surface area contributed by atoms with Crippen molar-refractivity contribution in [3.8, 4) is 0 Å². The molecule has 1 aromatic heterocycles. The Morgan fingerprint density at radius 2 is 2.26 bits per heavy atom. The summed E-state index contributed by atoms with van der Waals surface area (Å²) in [5.74, 6) is -0.181. The number of amidine groups is 1. The molecule has 0 aliphatic carbocycles. The maximum Gasteiger partial charge on any atom is 0.253 e. The Bertz CT molecular complexity index is 566. The minimum Gasteiger partial charge on any atom is -0.409 e. The monoisotopic (exact) mass is 389 g/mol. The second kappa shape index (κ2) is 6.40. The first kappa shape index (κ1) is 16.7. The van der Waals surface area contributed by atoms with Gasteiger partial charge in [0.25, 0.3) is 10.0 Å². The van der Waals surface area contributed by atoms with Crippen molar-refractivity contribution in [3.63, 3.8) is 0 Å². The average molecular weight is 391 g/mol. The first-order valence-electron chi connectivity index (χ1n) is 5.13. The standard InChI is InChI=1S/C9H13BrClN3O3S2/c1-5(2)14(4-7(12)13-15)19(16,17)8-3-6(11)9(10)18-8/h3,5,15H,4H2,1-2H3,(H2,12,13). The van der Waals surface area contributed by atoms with E-state index in [-0.39, 0.29) is 22.6 Å². The van der Waals surface area contributed by atoms with Crippen molar-refractivity contribution in [1.29, 1.82) is 0 Å². The lowest BCUT2D eigenvalue weighted by molar-refractivity contribution is 0.312. The normalized spacial score (nSPS) is 13.5. The number of nitrogens with zero attached hydrogens (tertiary/aromatic N) is 2. The molecule has 3 N–H and O–H groups in total. The van der Waals surface area contributed by atoms with Gasteiger partial charge in [-0.25, -0.2) is 8.42 Å². The van der Waals surface area contributed by atoms with Crippen LogP contribution in [0.2, 0.25) is 5.02 Å². The summed E-state index contributed by atoms with van der Waals surface area (Å²) >= 11 is 10.0. The van der Waals surface area contributed by atoms with E-state index < -0.39 is 10.0 Å². The van der Waals surface area contributed by atoms with Crippen LogP contribution in [0, 0.1) is 0 Å². The second-order valence-corrected chi connectivity index (χ2v) is 8.82. The Morgan fingerprint density at radius 1 is 1.68 bits per heavy atom. The highest BCUT2D eigenvalue weighted by Gasteiger charge is 2.30. The number of hydrogen-bond donors (Lipinski definition) is 2. The highest BCUT2D eigenvalue weighted by Crippen LogP contribution is 2.36. The fourth-order valence-electron chi connectivity index (χ4n) is 1.31. The molecule has 0 saturated heterocycles. The van der Waals surface area contributed by atoms with Gasteiger partial charge in [0.2, 0.25) is 0 Å². The summed E-state index contributed by atoms with van der Waals surface area (Å²) in [5.41, 5.74) is 5.38. The molecule has 0 aliphatic rings. The third kappa shape index (κ3) is 3.82. The fraction of sp³-hybridized carbons (Fsp3) is 0.444. The summed E-state index contributed by atoms with van der Waals surface area (Å²) in [7, 11) is -3.74. The predicted molar refractivity (Wildman–Crippen MR) is 79.5 cm³/mol. The lowest BCUT2D eigenvalue weighted by Gasteiger charge is -2.24. The number of thiophene rings is 1. The predicted octanol–water partition coefficient (Wildman–Crippen LogP) is 2.31. The number of nitrogens with two attached hydrogens (primary N) is 1. The minimum absolute atomic E-state index is 0.101. The summed E-state index contributed by atoms with van der Waals surface area (Å²) in [6, 6.07) is 1.03. The van der Waals surface area contributed by atoms with Crippen molar-refractivity contribution in [2.24, 2.45) is 10.9 Å². The highest BCUT2D eigenvalue weighted by atomic mass is 79.9. The smallest absolute Gasteiger partial charge is 0.253 e. The van der Waals surface area contributed by atoms with Gasteiger partial charge in [-0.2, -0.15) is 4.31 Å². The van der Waals surface area contributed by atoms with Crippen molar-refractivity contribution >= 4 is 54.7 Å². The maximum atomic E-state index is 12.5. The molecule has 1 heterocycles. The Labute approximate surface area is 129 Å². The molecular weight excluding hydrogens is 378 g/mol. The third-order valence-electron chi connectivity index (χ3n) is 2.21. The molecule has 6 nitrogen and oxygen atoms in total. The molecule has 1 aromatic rings. The van der Waals surface area contributed by atoms with Gasteiger partial charge in [0.1, 0.15) is 4.21 Å². The zero-order chi connectivity index (χ0) is 14.8. The van der Waals surface area contributed by atoms with Crippen molar-refractivity contribution < 1.29 is 13.6 Å². The molecule has 0 spiro atoms. The number of hydrogen-bond acceptors (Lipinski definition) is 5. The van der Waals surface area contributed by atoms with E-state index >= 15 is 0 Å². The van der Waals surface area contributed by atoms with E-state index in [0.717, 1.165) is 15.6 Å². The number of sulfonamides is 1. The van der Waals surface area contributed by atoms with Crippen LogP contribution in [0.1, 0.15) is 13.8 Å². The number of halogens is 2. The molecule has 19 heavy (non-hydrogen) atoms. The molecule has 108 valence electrons. The van der Waals surface area contributed by atoms with Gasteiger partial charge in [-0.1, -0.05) is 16.8 Å². The summed E-state index contributed by atoms with van der Waals surface area (Å²) in [6.07, 6.45) is 0. The molecule has 0 unspecified atom stereocenters. The number of oxime groups is 1. The SMILES string of the molecule is CC(C)N(CC(N)=NO)S(=O)(=O)c1cc(Cl)c(Br)s1. The van der Waals surface area contributed by atoms with Crippen LogP contribution < -0.4 is 5.73 Å². The Morgan fingerprint density at radius 3 is 2.63 bits per heavy atom. The van der Waals surface area contributed by atoms with Gasteiger partial charge in [-0.3, -0.25) is 0 Å². The summed E-state index contributed by atoms with van der Waals surface area (Å²) in [5, 5.41) is 11.7. The van der Waals surface area contributed by atoms with Crippen LogP contribution in [0.3, 0.4) is 0 Å². The van der Waals surface area contributed by atoms with Crippen LogP contribution in [-0.2, 0) is 10.0 Å². The fourth-order valence-corrected chi connectivity index (χ4v) is 5.44. The van der Waals surface area contributed by atoms with E-state index in [4.69, 9.17) is 22.5 Å². The van der Waals surface area contributed by atoms with E-state index in [0.29, 0.717) is 8.81 Å². The lowest BCUT2D eigenvalue weighted by atomic mass is 10.4. The van der Waals surface area contributed by atoms with E-state index in [1.165, 1.54) is 6.07 Å². The van der Waals surface area contributed by atoms with Gasteiger partial charge in [-0.05, 0) is 35.8 Å². The third-order valence-corrected chi connectivity index (χ3v) is 7.15. The Balaban J connectivity index is 3.20. The van der Waals surface area contributed by atoms with Gasteiger partial charge in [0.05, 0.1) is 15.4 Å². The molecule has 0 aromatic carbocycles. The summed E-state index contributed by atoms with van der Waals surface area (Å²) in [6.45, 7) is 3.21. The highest BCUT2D eigenvalue weighted by molar-refractivity contribution is 9.11. The Kier molecular flexibility index (Phi) is 5.63. The first-order chi connectivity index (χ1) is 8.70. The maximum absolute atomic E-state index is 12.5. The van der Waals surface area contributed by atoms with Gasteiger partial charge < -0.3 is 10.9 Å². The molecule has 0 saturated carbocycles. The largest absolute Gasteiger partial charge is 0.409 e. The molecule has 1 rings (SSSR count). The van der Waals surface area contributed by atoms with Crippen LogP contribution in [0.5, 0.6) is 0 Å². The van der Waals surface area contributed by atoms with Gasteiger partial charge in [0.15, 0.2) is 5.84 Å². The van der Waals surface area contributed by atoms with E-state index in [1.54, 1.807) is 13.8 Å². The molecular formula is C9H13BrClN3O3S2. The summed E-state index contributed by atoms with van der Waals surface area (Å²) in [4.78, 5) is 0. The lowest BCUT2D eigenvalue weighted by Crippen LogP contribution is -2.42. The Hall–Kier alpha value is -0.350. The molecule has 0 atom stereocenters. The van der Waals surface area contributed by atoms with Crippen molar-refractivity contribution in [2.75, 3.05) is 6.54 Å². The van der Waals surface area contributed by atoms with Crippen LogP contribution in [0.4, 0.5) is 0 Å². The molecule has 0 bridgehead atoms. The zero-order valence-corrected chi connectivity index (χ0v) is 14.1. The summed E-state index contributed by atoms with van der Waals surface area (Å²) < 4.78 is 26.7. The van der Waals surface area contributed by atoms with Gasteiger partial charge in [0, 0.05) is 6.04 Å². The quantitative estimate of drug-likeness (QED) is 0.349. The van der Waals surface area contributed by atoms with Crippen LogP contribution in [0.15, 0.2) is 19.2 Å². The van der Waals surface area contributed by atoms with E-state index in [2.05, 4.69) is 21.1 Å². The van der Waals surface area contributed by atoms with Crippen molar-refractivity contribution in [1.82, 2.24) is 4.31 Å². The molecule has 10 heteroatoms. The zero-order valence-electron chi connectivity index (χ0n) is 10.2. The topological polar surface area (TPSA) is 96.0 Å². The molecule has 0 aliphatic heterocycles. The van der Waals surface area contributed by atoms with Crippen LogP contribution >= 0.6 is 38.9 Å². The van der Waals surface area contributed by atoms with Gasteiger partial charge >= 0.3 is 0 Å². The van der Waals surface area contributed by atoms with Crippen molar-refractivity contribution in [2.45, 2.75) is 24.1 Å². The van der Waals surface area contributed by atoms with Gasteiger partial charge in [-0.15, -0.1) is 11.3 Å². The van der Waals surface area contributed by atoms with Crippen LogP contribution in [0.25, 0.3) is 0 Å². The van der Waals surface area contributed by atoms with E-state index in [1.807, 2.05) is 0 Å². The molecule has 0 amide bonds. The van der Waals surface area contributed by atoms with Crippen molar-refractivity contribution in [3.05, 3.63) is 14.9 Å². The second-order valence-electron chi connectivity index (χ2n) is 3.92. The first-order valence-corrected chi connectivity index (χ1v) is 8.56. The molecule has 0 radical (unpaired) electrons. The minimum atomic E-state index is -3.74.